The zero-order valence-electron chi connectivity index (χ0n) is 14.6. The molecule has 7 nitrogen and oxygen atoms in total. The third-order valence-corrected chi connectivity index (χ3v) is 4.01. The highest BCUT2D eigenvalue weighted by Crippen LogP contribution is 2.41. The fraction of sp³-hybridized carbons (Fsp3) is 0.333. The molecule has 25 heavy (non-hydrogen) atoms. The van der Waals surface area contributed by atoms with E-state index in [2.05, 4.69) is 0 Å². The van der Waals surface area contributed by atoms with Crippen molar-refractivity contribution in [2.45, 2.75) is 38.9 Å². The Morgan fingerprint density at radius 1 is 0.720 bits per heavy atom. The molecular formula is C18H20N2O5. The predicted molar refractivity (Wildman–Crippen MR) is 93.3 cm³/mol. The molecule has 0 aromatic heterocycles. The SMILES string of the molecule is CC(C)(OC(C)(C)c1ccccc1[N+](=O)[O-])c1ccccc1[N+](=O)[O-]. The summed E-state index contributed by atoms with van der Waals surface area (Å²) in [4.78, 5) is 21.7. The molecular weight excluding hydrogens is 324 g/mol. The zero-order chi connectivity index (χ0) is 18.8. The Morgan fingerprint density at radius 3 is 1.36 bits per heavy atom. The van der Waals surface area contributed by atoms with E-state index in [0.29, 0.717) is 11.1 Å². The summed E-state index contributed by atoms with van der Waals surface area (Å²) in [5, 5.41) is 22.6. The third-order valence-electron chi connectivity index (χ3n) is 4.01. The lowest BCUT2D eigenvalue weighted by atomic mass is 9.91. The van der Waals surface area contributed by atoms with Crippen molar-refractivity contribution in [3.05, 3.63) is 79.9 Å². The molecule has 0 amide bonds. The van der Waals surface area contributed by atoms with Crippen LogP contribution in [0.25, 0.3) is 0 Å². The number of para-hydroxylation sites is 2. The topological polar surface area (TPSA) is 95.5 Å². The molecule has 0 N–H and O–H groups in total. The van der Waals surface area contributed by atoms with Gasteiger partial charge in [-0.2, -0.15) is 0 Å². The van der Waals surface area contributed by atoms with Gasteiger partial charge >= 0.3 is 0 Å². The lowest BCUT2D eigenvalue weighted by molar-refractivity contribution is -0.388. The Balaban J connectivity index is 2.47. The van der Waals surface area contributed by atoms with Gasteiger partial charge in [0.2, 0.25) is 0 Å². The minimum atomic E-state index is -1.03. The summed E-state index contributed by atoms with van der Waals surface area (Å²) >= 11 is 0. The molecule has 7 heteroatoms. The minimum Gasteiger partial charge on any atom is -0.360 e. The molecule has 0 radical (unpaired) electrons. The summed E-state index contributed by atoms with van der Waals surface area (Å²) in [6.45, 7) is 6.86. The van der Waals surface area contributed by atoms with Crippen LogP contribution in [0.2, 0.25) is 0 Å². The van der Waals surface area contributed by atoms with Gasteiger partial charge in [0, 0.05) is 12.1 Å². The standard InChI is InChI=1S/C18H20N2O5/c1-17(2,13-9-5-7-11-15(13)19(21)22)25-18(3,4)14-10-6-8-12-16(14)20(23)24/h5-12H,1-4H3. The van der Waals surface area contributed by atoms with Gasteiger partial charge in [-0.1, -0.05) is 24.3 Å². The number of ether oxygens (including phenoxy) is 1. The first-order chi connectivity index (χ1) is 11.6. The molecule has 0 fully saturated rings. The van der Waals surface area contributed by atoms with Crippen LogP contribution in [0.1, 0.15) is 38.8 Å². The number of hydrogen-bond acceptors (Lipinski definition) is 5. The van der Waals surface area contributed by atoms with Crippen LogP contribution in [0.4, 0.5) is 11.4 Å². The average Bonchev–Trinajstić information content (AvgIpc) is 2.54. The lowest BCUT2D eigenvalue weighted by Crippen LogP contribution is -2.34. The van der Waals surface area contributed by atoms with E-state index >= 15 is 0 Å². The quantitative estimate of drug-likeness (QED) is 0.559. The van der Waals surface area contributed by atoms with Crippen molar-refractivity contribution >= 4 is 11.4 Å². The molecule has 0 aliphatic heterocycles. The maximum atomic E-state index is 11.3. The van der Waals surface area contributed by atoms with Crippen molar-refractivity contribution in [3.8, 4) is 0 Å². The zero-order valence-corrected chi connectivity index (χ0v) is 14.6. The fourth-order valence-corrected chi connectivity index (χ4v) is 3.03. The highest BCUT2D eigenvalue weighted by molar-refractivity contribution is 5.45. The Morgan fingerprint density at radius 2 is 1.04 bits per heavy atom. The average molecular weight is 344 g/mol. The molecule has 0 saturated heterocycles. The first kappa shape index (κ1) is 18.5. The van der Waals surface area contributed by atoms with Crippen molar-refractivity contribution in [1.82, 2.24) is 0 Å². The van der Waals surface area contributed by atoms with Crippen LogP contribution in [-0.4, -0.2) is 9.85 Å². The minimum absolute atomic E-state index is 0.0501. The lowest BCUT2D eigenvalue weighted by Gasteiger charge is -2.36. The van der Waals surface area contributed by atoms with E-state index < -0.39 is 21.0 Å². The summed E-state index contributed by atoms with van der Waals surface area (Å²) in [5.74, 6) is 0. The van der Waals surface area contributed by atoms with Gasteiger partial charge in [0.05, 0.1) is 32.2 Å². The molecule has 0 saturated carbocycles. The third kappa shape index (κ3) is 3.83. The van der Waals surface area contributed by atoms with Gasteiger partial charge in [-0.3, -0.25) is 20.2 Å². The predicted octanol–water partition coefficient (Wildman–Crippen LogP) is 4.69. The molecule has 0 atom stereocenters. The van der Waals surface area contributed by atoms with Crippen LogP contribution < -0.4 is 0 Å². The first-order valence-electron chi connectivity index (χ1n) is 7.74. The molecule has 132 valence electrons. The van der Waals surface area contributed by atoms with Crippen molar-refractivity contribution in [2.75, 3.05) is 0 Å². The Labute approximate surface area is 145 Å². The van der Waals surface area contributed by atoms with Gasteiger partial charge in [0.1, 0.15) is 0 Å². The highest BCUT2D eigenvalue weighted by Gasteiger charge is 2.38. The van der Waals surface area contributed by atoms with Gasteiger partial charge in [-0.25, -0.2) is 0 Å². The van der Waals surface area contributed by atoms with Crippen molar-refractivity contribution < 1.29 is 14.6 Å². The summed E-state index contributed by atoms with van der Waals surface area (Å²) in [7, 11) is 0. The number of nitro benzene ring substituents is 2. The van der Waals surface area contributed by atoms with E-state index in [9.17, 15) is 20.2 Å². The van der Waals surface area contributed by atoms with E-state index in [0.717, 1.165) is 0 Å². The van der Waals surface area contributed by atoms with Crippen LogP contribution >= 0.6 is 0 Å². The molecule has 0 unspecified atom stereocenters. The summed E-state index contributed by atoms with van der Waals surface area (Å²) < 4.78 is 6.17. The van der Waals surface area contributed by atoms with Gasteiger partial charge in [-0.15, -0.1) is 0 Å². The number of rotatable bonds is 6. The molecule has 0 bridgehead atoms. The molecule has 0 spiro atoms. The number of nitro groups is 2. The van der Waals surface area contributed by atoms with Crippen LogP contribution in [0, 0.1) is 20.2 Å². The summed E-state index contributed by atoms with van der Waals surface area (Å²) in [5.41, 5.74) is -1.34. The van der Waals surface area contributed by atoms with Gasteiger partial charge in [0.15, 0.2) is 0 Å². The van der Waals surface area contributed by atoms with Gasteiger partial charge in [-0.05, 0) is 39.8 Å². The maximum absolute atomic E-state index is 11.3. The molecule has 2 rings (SSSR count). The fourth-order valence-electron chi connectivity index (χ4n) is 3.03. The van der Waals surface area contributed by atoms with Crippen LogP contribution in [0.5, 0.6) is 0 Å². The van der Waals surface area contributed by atoms with Crippen molar-refractivity contribution in [1.29, 1.82) is 0 Å². The largest absolute Gasteiger partial charge is 0.360 e. The van der Waals surface area contributed by atoms with E-state index in [1.807, 2.05) is 0 Å². The van der Waals surface area contributed by atoms with Crippen LogP contribution in [-0.2, 0) is 15.9 Å². The van der Waals surface area contributed by atoms with Gasteiger partial charge in [0.25, 0.3) is 11.4 Å². The van der Waals surface area contributed by atoms with E-state index in [1.165, 1.54) is 12.1 Å². The van der Waals surface area contributed by atoms with E-state index in [4.69, 9.17) is 4.74 Å². The second-order valence-corrected chi connectivity index (χ2v) is 6.67. The first-order valence-corrected chi connectivity index (χ1v) is 7.74. The Kier molecular flexibility index (Phi) is 4.89. The van der Waals surface area contributed by atoms with Crippen molar-refractivity contribution in [3.63, 3.8) is 0 Å². The summed E-state index contributed by atoms with van der Waals surface area (Å²) in [6, 6.07) is 12.7. The van der Waals surface area contributed by atoms with Crippen LogP contribution in [0.15, 0.2) is 48.5 Å². The molecule has 2 aromatic carbocycles. The molecule has 0 aliphatic carbocycles. The van der Waals surface area contributed by atoms with E-state index in [1.54, 1.807) is 64.1 Å². The molecule has 0 heterocycles. The monoisotopic (exact) mass is 344 g/mol. The highest BCUT2D eigenvalue weighted by atomic mass is 16.6. The number of nitrogens with zero attached hydrogens (tertiary/aromatic N) is 2. The normalized spacial score (nSPS) is 12.0. The molecule has 0 aliphatic rings. The number of benzene rings is 2. The smallest absolute Gasteiger partial charge is 0.275 e. The van der Waals surface area contributed by atoms with Crippen molar-refractivity contribution in [2.24, 2.45) is 0 Å². The van der Waals surface area contributed by atoms with Gasteiger partial charge < -0.3 is 4.74 Å². The van der Waals surface area contributed by atoms with E-state index in [-0.39, 0.29) is 11.4 Å². The Bertz CT molecular complexity index is 747. The maximum Gasteiger partial charge on any atom is 0.275 e. The second-order valence-electron chi connectivity index (χ2n) is 6.67. The summed E-state index contributed by atoms with van der Waals surface area (Å²) in [6.07, 6.45) is 0. The molecule has 2 aromatic rings. The van der Waals surface area contributed by atoms with Crippen LogP contribution in [0.3, 0.4) is 0 Å². The second kappa shape index (κ2) is 6.60. The number of hydrogen-bond donors (Lipinski definition) is 0. The Hall–Kier alpha value is -2.80.